The monoisotopic (exact) mass is 285 g/mol. The zero-order valence-electron chi connectivity index (χ0n) is 10.2. The molecule has 0 bridgehead atoms. The molecule has 104 valence electrons. The molecule has 1 atom stereocenters. The van der Waals surface area contributed by atoms with Gasteiger partial charge in [0.1, 0.15) is 0 Å². The second-order valence-corrected chi connectivity index (χ2v) is 5.35. The van der Waals surface area contributed by atoms with Crippen molar-refractivity contribution in [3.8, 4) is 0 Å². The number of carbonyl (C=O) groups is 2. The third-order valence-corrected chi connectivity index (χ3v) is 3.92. The number of fused-ring (bicyclic) bond motifs is 1. The number of aliphatic hydroxyl groups excluding tert-OH is 1. The highest BCUT2D eigenvalue weighted by Gasteiger charge is 2.20. The molecule has 8 heteroatoms. The Hall–Kier alpha value is -1.67. The van der Waals surface area contributed by atoms with E-state index < -0.39 is 24.6 Å². The van der Waals surface area contributed by atoms with Gasteiger partial charge < -0.3 is 15.5 Å². The summed E-state index contributed by atoms with van der Waals surface area (Å²) in [5.74, 6) is -1.28. The summed E-state index contributed by atoms with van der Waals surface area (Å²) in [6, 6.07) is -1.98. The Kier molecular flexibility index (Phi) is 4.33. The highest BCUT2D eigenvalue weighted by molar-refractivity contribution is 7.15. The summed E-state index contributed by atoms with van der Waals surface area (Å²) in [6.07, 6.45) is 4.13. The fourth-order valence-corrected chi connectivity index (χ4v) is 2.93. The molecule has 2 amide bonds. The van der Waals surface area contributed by atoms with Gasteiger partial charge in [-0.2, -0.15) is 0 Å². The number of aliphatic hydroxyl groups is 1. The van der Waals surface area contributed by atoms with Gasteiger partial charge in [-0.25, -0.2) is 14.6 Å². The number of hydrogen-bond donors (Lipinski definition) is 4. The third-order valence-electron chi connectivity index (χ3n) is 2.85. The maximum Gasteiger partial charge on any atom is 0.328 e. The van der Waals surface area contributed by atoms with Crippen LogP contribution in [0.15, 0.2) is 0 Å². The van der Waals surface area contributed by atoms with E-state index in [1.165, 1.54) is 16.2 Å². The first kappa shape index (κ1) is 13.8. The van der Waals surface area contributed by atoms with Gasteiger partial charge in [0.2, 0.25) is 0 Å². The van der Waals surface area contributed by atoms with Crippen LogP contribution < -0.4 is 10.6 Å². The van der Waals surface area contributed by atoms with Crippen molar-refractivity contribution >= 4 is 28.5 Å². The average molecular weight is 285 g/mol. The number of carbonyl (C=O) groups excluding carboxylic acids is 1. The number of thiazole rings is 1. The van der Waals surface area contributed by atoms with Gasteiger partial charge in [-0.05, 0) is 25.7 Å². The number of urea groups is 1. The number of hydrogen-bond acceptors (Lipinski definition) is 5. The minimum Gasteiger partial charge on any atom is -0.480 e. The molecule has 0 saturated heterocycles. The molecule has 0 unspecified atom stereocenters. The lowest BCUT2D eigenvalue weighted by atomic mass is 10.0. The third kappa shape index (κ3) is 3.42. The molecule has 19 heavy (non-hydrogen) atoms. The number of amides is 2. The van der Waals surface area contributed by atoms with Crippen molar-refractivity contribution in [1.82, 2.24) is 10.3 Å². The SMILES string of the molecule is O=C(Nc1nc2c(s1)CCCC2)N[C@H](CO)C(=O)O. The molecular weight excluding hydrogens is 270 g/mol. The summed E-state index contributed by atoms with van der Waals surface area (Å²) < 4.78 is 0. The van der Waals surface area contributed by atoms with E-state index in [9.17, 15) is 9.59 Å². The molecule has 7 nitrogen and oxygen atoms in total. The lowest BCUT2D eigenvalue weighted by Crippen LogP contribution is -2.45. The summed E-state index contributed by atoms with van der Waals surface area (Å²) in [6.45, 7) is -0.656. The Morgan fingerprint density at radius 2 is 2.11 bits per heavy atom. The fourth-order valence-electron chi connectivity index (χ4n) is 1.88. The predicted molar refractivity (Wildman–Crippen MR) is 69.4 cm³/mol. The number of nitrogens with one attached hydrogen (secondary N) is 2. The van der Waals surface area contributed by atoms with Gasteiger partial charge in [0, 0.05) is 4.88 Å². The average Bonchev–Trinajstić information content (AvgIpc) is 2.77. The maximum absolute atomic E-state index is 11.6. The molecule has 0 fully saturated rings. The van der Waals surface area contributed by atoms with E-state index in [1.807, 2.05) is 0 Å². The number of aryl methyl sites for hydroxylation is 2. The lowest BCUT2D eigenvalue weighted by molar-refractivity contribution is -0.140. The van der Waals surface area contributed by atoms with Crippen LogP contribution in [0.3, 0.4) is 0 Å². The minimum absolute atomic E-state index is 0.464. The molecule has 1 heterocycles. The maximum atomic E-state index is 11.6. The zero-order chi connectivity index (χ0) is 13.8. The quantitative estimate of drug-likeness (QED) is 0.647. The number of anilines is 1. The van der Waals surface area contributed by atoms with Crippen LogP contribution in [-0.4, -0.2) is 39.8 Å². The van der Waals surface area contributed by atoms with Crippen molar-refractivity contribution < 1.29 is 19.8 Å². The van der Waals surface area contributed by atoms with Crippen molar-refractivity contribution in [2.45, 2.75) is 31.7 Å². The van der Waals surface area contributed by atoms with Gasteiger partial charge in [-0.15, -0.1) is 11.3 Å². The number of carboxylic acids is 1. The van der Waals surface area contributed by atoms with E-state index in [2.05, 4.69) is 15.6 Å². The number of carboxylic acid groups (broad SMARTS) is 1. The van der Waals surface area contributed by atoms with Crippen molar-refractivity contribution in [3.05, 3.63) is 10.6 Å². The predicted octanol–water partition coefficient (Wildman–Crippen LogP) is 0.589. The van der Waals surface area contributed by atoms with Crippen LogP contribution in [0, 0.1) is 0 Å². The first-order chi connectivity index (χ1) is 9.10. The molecule has 1 aliphatic carbocycles. The summed E-state index contributed by atoms with van der Waals surface area (Å²) in [5, 5.41) is 22.6. The van der Waals surface area contributed by atoms with Crippen LogP contribution in [0.1, 0.15) is 23.4 Å². The van der Waals surface area contributed by atoms with Crippen LogP contribution in [0.25, 0.3) is 0 Å². The Morgan fingerprint density at radius 1 is 1.37 bits per heavy atom. The highest BCUT2D eigenvalue weighted by Crippen LogP contribution is 2.29. The summed E-state index contributed by atoms with van der Waals surface area (Å²) >= 11 is 1.41. The van der Waals surface area contributed by atoms with Crippen LogP contribution in [-0.2, 0) is 17.6 Å². The fraction of sp³-hybridized carbons (Fsp3) is 0.545. The Labute approximate surface area is 113 Å². The molecule has 2 rings (SSSR count). The van der Waals surface area contributed by atoms with E-state index in [4.69, 9.17) is 10.2 Å². The van der Waals surface area contributed by atoms with Gasteiger partial charge in [-0.1, -0.05) is 0 Å². The van der Waals surface area contributed by atoms with Crippen molar-refractivity contribution in [1.29, 1.82) is 0 Å². The van der Waals surface area contributed by atoms with Gasteiger partial charge in [-0.3, -0.25) is 5.32 Å². The Morgan fingerprint density at radius 3 is 2.74 bits per heavy atom. The second kappa shape index (κ2) is 5.98. The van der Waals surface area contributed by atoms with Gasteiger partial charge >= 0.3 is 12.0 Å². The molecule has 1 aromatic rings. The first-order valence-electron chi connectivity index (χ1n) is 6.00. The van der Waals surface area contributed by atoms with Gasteiger partial charge in [0.05, 0.1) is 12.3 Å². The van der Waals surface area contributed by atoms with E-state index >= 15 is 0 Å². The second-order valence-electron chi connectivity index (χ2n) is 4.27. The number of rotatable bonds is 4. The minimum atomic E-state index is -1.31. The van der Waals surface area contributed by atoms with Crippen LogP contribution >= 0.6 is 11.3 Å². The molecule has 0 radical (unpaired) electrons. The molecule has 0 aliphatic heterocycles. The number of aromatic nitrogens is 1. The van der Waals surface area contributed by atoms with Gasteiger partial charge in [0.25, 0.3) is 0 Å². The summed E-state index contributed by atoms with van der Waals surface area (Å²) in [7, 11) is 0. The molecule has 4 N–H and O–H groups in total. The molecule has 1 aromatic heterocycles. The molecule has 0 aromatic carbocycles. The molecule has 0 spiro atoms. The summed E-state index contributed by atoms with van der Waals surface area (Å²) in [5.41, 5.74) is 1.02. The lowest BCUT2D eigenvalue weighted by Gasteiger charge is -2.11. The van der Waals surface area contributed by atoms with Crippen LogP contribution in [0.5, 0.6) is 0 Å². The standard InChI is InChI=1S/C11H15N3O4S/c15-5-7(9(16)17)12-10(18)14-11-13-6-3-1-2-4-8(6)19-11/h7,15H,1-5H2,(H,16,17)(H2,12,13,14,18)/t7-/m1/s1. The van der Waals surface area contributed by atoms with Crippen LogP contribution in [0.2, 0.25) is 0 Å². The Balaban J connectivity index is 1.95. The Bertz CT molecular complexity index is 465. The van der Waals surface area contributed by atoms with Gasteiger partial charge in [0.15, 0.2) is 11.2 Å². The largest absolute Gasteiger partial charge is 0.480 e. The normalized spacial score (nSPS) is 15.4. The van der Waals surface area contributed by atoms with Crippen molar-refractivity contribution in [2.75, 3.05) is 11.9 Å². The highest BCUT2D eigenvalue weighted by atomic mass is 32.1. The smallest absolute Gasteiger partial charge is 0.328 e. The first-order valence-corrected chi connectivity index (χ1v) is 6.81. The summed E-state index contributed by atoms with van der Waals surface area (Å²) in [4.78, 5) is 27.7. The number of nitrogens with zero attached hydrogens (tertiary/aromatic N) is 1. The zero-order valence-corrected chi connectivity index (χ0v) is 11.0. The molecule has 0 saturated carbocycles. The van der Waals surface area contributed by atoms with Crippen molar-refractivity contribution in [2.24, 2.45) is 0 Å². The number of aliphatic carboxylic acids is 1. The molecule has 1 aliphatic rings. The van der Waals surface area contributed by atoms with E-state index in [-0.39, 0.29) is 0 Å². The van der Waals surface area contributed by atoms with E-state index in [0.717, 1.165) is 31.4 Å². The van der Waals surface area contributed by atoms with E-state index in [0.29, 0.717) is 5.13 Å². The van der Waals surface area contributed by atoms with Crippen molar-refractivity contribution in [3.63, 3.8) is 0 Å². The van der Waals surface area contributed by atoms with Crippen LogP contribution in [0.4, 0.5) is 9.93 Å². The molecular formula is C11H15N3O4S. The topological polar surface area (TPSA) is 112 Å². The van der Waals surface area contributed by atoms with E-state index in [1.54, 1.807) is 0 Å².